The third-order valence-corrected chi connectivity index (χ3v) is 4.39. The van der Waals surface area contributed by atoms with Crippen LogP contribution in [0.2, 0.25) is 0 Å². The van der Waals surface area contributed by atoms with Gasteiger partial charge in [-0.3, -0.25) is 10.1 Å². The first-order valence-corrected chi connectivity index (χ1v) is 8.32. The van der Waals surface area contributed by atoms with E-state index in [1.54, 1.807) is 0 Å². The van der Waals surface area contributed by atoms with Gasteiger partial charge in [0.1, 0.15) is 0 Å². The Kier molecular flexibility index (Phi) is 4.77. The molecule has 0 bridgehead atoms. The number of carbonyl (C=O) groups is 1. The topological polar surface area (TPSA) is 41.1 Å². The Morgan fingerprint density at radius 3 is 2.30 bits per heavy atom. The lowest BCUT2D eigenvalue weighted by Crippen LogP contribution is -2.40. The maximum absolute atomic E-state index is 12.4. The molecule has 0 aliphatic heterocycles. The minimum absolute atomic E-state index is 0.00966. The molecule has 0 saturated heterocycles. The molecule has 2 aromatic carbocycles. The van der Waals surface area contributed by atoms with E-state index >= 15 is 0 Å². The van der Waals surface area contributed by atoms with Crippen molar-refractivity contribution in [3.8, 4) is 0 Å². The average Bonchev–Trinajstić information content (AvgIpc) is 3.40. The summed E-state index contributed by atoms with van der Waals surface area (Å²) >= 11 is 0. The van der Waals surface area contributed by atoms with E-state index in [9.17, 15) is 4.79 Å². The standard InChI is InChI=1S/C20H24N2O/c1-14-8-12-18(13-9-14)22-20(23)15(2)21-19(17-10-11-17)16-6-4-3-5-7-16/h3-9,12-13,15,17,19,21H,10-11H2,1-2H3,(H,22,23)/t15-,19-/m0/s1. The Morgan fingerprint density at radius 1 is 1.04 bits per heavy atom. The first kappa shape index (κ1) is 15.8. The van der Waals surface area contributed by atoms with Crippen molar-refractivity contribution < 1.29 is 4.79 Å². The highest BCUT2D eigenvalue weighted by molar-refractivity contribution is 5.94. The van der Waals surface area contributed by atoms with Crippen LogP contribution in [0.25, 0.3) is 0 Å². The van der Waals surface area contributed by atoms with E-state index in [0.717, 1.165) is 5.69 Å². The molecule has 0 heterocycles. The molecule has 0 aromatic heterocycles. The lowest BCUT2D eigenvalue weighted by atomic mass is 10.0. The summed E-state index contributed by atoms with van der Waals surface area (Å²) in [4.78, 5) is 12.4. The molecule has 2 N–H and O–H groups in total. The summed E-state index contributed by atoms with van der Waals surface area (Å²) in [7, 11) is 0. The largest absolute Gasteiger partial charge is 0.325 e. The van der Waals surface area contributed by atoms with Crippen molar-refractivity contribution in [2.45, 2.75) is 38.8 Å². The van der Waals surface area contributed by atoms with Gasteiger partial charge in [0.2, 0.25) is 5.91 Å². The predicted octanol–water partition coefficient (Wildman–Crippen LogP) is 4.06. The van der Waals surface area contributed by atoms with E-state index < -0.39 is 0 Å². The molecule has 2 aromatic rings. The molecule has 0 radical (unpaired) electrons. The van der Waals surface area contributed by atoms with Crippen molar-refractivity contribution >= 4 is 11.6 Å². The van der Waals surface area contributed by atoms with Crippen LogP contribution in [-0.2, 0) is 4.79 Å². The number of aryl methyl sites for hydroxylation is 1. The normalized spacial score (nSPS) is 16.6. The predicted molar refractivity (Wildman–Crippen MR) is 94.3 cm³/mol. The van der Waals surface area contributed by atoms with Crippen molar-refractivity contribution in [1.82, 2.24) is 5.32 Å². The fourth-order valence-electron chi connectivity index (χ4n) is 2.83. The van der Waals surface area contributed by atoms with Crippen molar-refractivity contribution in [1.29, 1.82) is 0 Å². The molecular weight excluding hydrogens is 284 g/mol. The smallest absolute Gasteiger partial charge is 0.241 e. The minimum atomic E-state index is -0.234. The second-order valence-electron chi connectivity index (χ2n) is 6.47. The molecule has 1 aliphatic carbocycles. The van der Waals surface area contributed by atoms with E-state index in [4.69, 9.17) is 0 Å². The zero-order valence-corrected chi connectivity index (χ0v) is 13.8. The van der Waals surface area contributed by atoms with Gasteiger partial charge in [-0.05, 0) is 50.3 Å². The van der Waals surface area contributed by atoms with Crippen LogP contribution in [0.4, 0.5) is 5.69 Å². The monoisotopic (exact) mass is 308 g/mol. The molecule has 1 amide bonds. The molecule has 2 atom stereocenters. The fourth-order valence-corrected chi connectivity index (χ4v) is 2.83. The third kappa shape index (κ3) is 4.20. The summed E-state index contributed by atoms with van der Waals surface area (Å²) in [5.74, 6) is 0.655. The zero-order chi connectivity index (χ0) is 16.2. The van der Waals surface area contributed by atoms with Gasteiger partial charge in [0, 0.05) is 11.7 Å². The summed E-state index contributed by atoms with van der Waals surface area (Å²) in [5, 5.41) is 6.50. The molecular formula is C20H24N2O. The van der Waals surface area contributed by atoms with Gasteiger partial charge in [-0.25, -0.2) is 0 Å². The van der Waals surface area contributed by atoms with E-state index in [0.29, 0.717) is 5.92 Å². The van der Waals surface area contributed by atoms with Gasteiger partial charge in [-0.1, -0.05) is 48.0 Å². The van der Waals surface area contributed by atoms with Gasteiger partial charge in [-0.15, -0.1) is 0 Å². The van der Waals surface area contributed by atoms with Crippen LogP contribution in [0.5, 0.6) is 0 Å². The molecule has 3 heteroatoms. The Balaban J connectivity index is 1.63. The summed E-state index contributed by atoms with van der Waals surface area (Å²) < 4.78 is 0. The van der Waals surface area contributed by atoms with Crippen LogP contribution in [-0.4, -0.2) is 11.9 Å². The highest BCUT2D eigenvalue weighted by Gasteiger charge is 2.33. The first-order chi connectivity index (χ1) is 11.1. The van der Waals surface area contributed by atoms with Crippen molar-refractivity contribution in [3.05, 3.63) is 65.7 Å². The van der Waals surface area contributed by atoms with E-state index in [-0.39, 0.29) is 18.0 Å². The minimum Gasteiger partial charge on any atom is -0.325 e. The van der Waals surface area contributed by atoms with Gasteiger partial charge in [-0.2, -0.15) is 0 Å². The number of anilines is 1. The van der Waals surface area contributed by atoms with Gasteiger partial charge in [0.25, 0.3) is 0 Å². The average molecular weight is 308 g/mol. The molecule has 120 valence electrons. The molecule has 3 rings (SSSR count). The number of benzene rings is 2. The van der Waals surface area contributed by atoms with E-state index in [1.165, 1.54) is 24.0 Å². The number of hydrogen-bond donors (Lipinski definition) is 2. The number of amides is 1. The Labute approximate surface area is 138 Å². The summed E-state index contributed by atoms with van der Waals surface area (Å²) in [6.07, 6.45) is 2.47. The number of rotatable bonds is 6. The Morgan fingerprint density at radius 2 is 1.70 bits per heavy atom. The van der Waals surface area contributed by atoms with Gasteiger partial charge in [0.05, 0.1) is 6.04 Å². The lowest BCUT2D eigenvalue weighted by Gasteiger charge is -2.23. The number of carbonyl (C=O) groups excluding carboxylic acids is 1. The highest BCUT2D eigenvalue weighted by atomic mass is 16.2. The third-order valence-electron chi connectivity index (χ3n) is 4.39. The van der Waals surface area contributed by atoms with Crippen molar-refractivity contribution in [2.75, 3.05) is 5.32 Å². The summed E-state index contributed by atoms with van der Waals surface area (Å²) in [6, 6.07) is 18.3. The second-order valence-corrected chi connectivity index (χ2v) is 6.47. The quantitative estimate of drug-likeness (QED) is 0.845. The van der Waals surface area contributed by atoms with Gasteiger partial charge in [0.15, 0.2) is 0 Å². The van der Waals surface area contributed by atoms with Crippen LogP contribution < -0.4 is 10.6 Å². The van der Waals surface area contributed by atoms with Crippen LogP contribution in [0.15, 0.2) is 54.6 Å². The first-order valence-electron chi connectivity index (χ1n) is 8.32. The van der Waals surface area contributed by atoms with Gasteiger partial charge < -0.3 is 5.32 Å². The lowest BCUT2D eigenvalue weighted by molar-refractivity contribution is -0.118. The molecule has 23 heavy (non-hydrogen) atoms. The maximum Gasteiger partial charge on any atom is 0.241 e. The SMILES string of the molecule is Cc1ccc(NC(=O)[C@H](C)N[C@@H](c2ccccc2)C2CC2)cc1. The Bertz CT molecular complexity index is 647. The molecule has 1 saturated carbocycles. The van der Waals surface area contributed by atoms with Crippen LogP contribution in [0.3, 0.4) is 0 Å². The highest BCUT2D eigenvalue weighted by Crippen LogP contribution is 2.41. The molecule has 3 nitrogen and oxygen atoms in total. The zero-order valence-electron chi connectivity index (χ0n) is 13.8. The van der Waals surface area contributed by atoms with Crippen LogP contribution in [0.1, 0.15) is 36.9 Å². The van der Waals surface area contributed by atoms with Crippen molar-refractivity contribution in [3.63, 3.8) is 0 Å². The molecule has 0 spiro atoms. The summed E-state index contributed by atoms with van der Waals surface area (Å²) in [5.41, 5.74) is 3.30. The van der Waals surface area contributed by atoms with E-state index in [2.05, 4.69) is 34.9 Å². The molecule has 0 unspecified atom stereocenters. The van der Waals surface area contributed by atoms with Crippen LogP contribution >= 0.6 is 0 Å². The van der Waals surface area contributed by atoms with Gasteiger partial charge >= 0.3 is 0 Å². The fraction of sp³-hybridized carbons (Fsp3) is 0.350. The van der Waals surface area contributed by atoms with Crippen molar-refractivity contribution in [2.24, 2.45) is 5.92 Å². The number of nitrogens with one attached hydrogen (secondary N) is 2. The molecule has 1 aliphatic rings. The van der Waals surface area contributed by atoms with E-state index in [1.807, 2.05) is 44.2 Å². The maximum atomic E-state index is 12.4. The number of hydrogen-bond acceptors (Lipinski definition) is 2. The summed E-state index contributed by atoms with van der Waals surface area (Å²) in [6.45, 7) is 3.97. The molecule has 1 fully saturated rings. The Hall–Kier alpha value is -2.13. The van der Waals surface area contributed by atoms with Crippen LogP contribution in [0, 0.1) is 12.8 Å². The second kappa shape index (κ2) is 6.97.